The smallest absolute Gasteiger partial charge is 0.325 e. The summed E-state index contributed by atoms with van der Waals surface area (Å²) < 4.78 is 0. The Morgan fingerprint density at radius 3 is 2.14 bits per heavy atom. The summed E-state index contributed by atoms with van der Waals surface area (Å²) in [4.78, 5) is 11.4. The minimum atomic E-state index is -0.861. The quantitative estimate of drug-likeness (QED) is 0.849. The van der Waals surface area contributed by atoms with E-state index in [1.807, 2.05) is 42.5 Å². The van der Waals surface area contributed by atoms with Gasteiger partial charge in [-0.25, -0.2) is 0 Å². The Kier molecular flexibility index (Phi) is 5.12. The van der Waals surface area contributed by atoms with Gasteiger partial charge in [-0.3, -0.25) is 10.1 Å². The summed E-state index contributed by atoms with van der Waals surface area (Å²) in [6, 6.07) is 16.8. The van der Waals surface area contributed by atoms with Crippen molar-refractivity contribution in [1.82, 2.24) is 5.32 Å². The van der Waals surface area contributed by atoms with Crippen LogP contribution in [0.5, 0.6) is 0 Å². The Hall–Kier alpha value is -2.13. The van der Waals surface area contributed by atoms with Gasteiger partial charge in [0.25, 0.3) is 0 Å². The number of carbonyl (C=O) groups is 1. The summed E-state index contributed by atoms with van der Waals surface area (Å²) >= 11 is 0. The molecule has 2 rings (SSSR count). The number of hydrogen-bond donors (Lipinski definition) is 2. The predicted octanol–water partition coefficient (Wildman–Crippen LogP) is 3.73. The number of benzene rings is 2. The molecule has 0 amide bonds. The van der Waals surface area contributed by atoms with Crippen LogP contribution in [0.1, 0.15) is 42.5 Å². The first kappa shape index (κ1) is 15.3. The SMILES string of the molecule is CC(C)c1ccc(CN[C@@H](C(=O)O)c2ccccc2)cc1. The molecule has 0 spiro atoms. The summed E-state index contributed by atoms with van der Waals surface area (Å²) in [5.41, 5.74) is 3.14. The van der Waals surface area contributed by atoms with Crippen LogP contribution in [0.15, 0.2) is 54.6 Å². The molecule has 3 nitrogen and oxygen atoms in total. The molecule has 21 heavy (non-hydrogen) atoms. The summed E-state index contributed by atoms with van der Waals surface area (Å²) in [5.74, 6) is -0.358. The molecule has 0 aliphatic carbocycles. The second-order valence-corrected chi connectivity index (χ2v) is 5.46. The van der Waals surface area contributed by atoms with E-state index in [4.69, 9.17) is 0 Å². The molecule has 0 aliphatic heterocycles. The zero-order valence-corrected chi connectivity index (χ0v) is 12.4. The average Bonchev–Trinajstić information content (AvgIpc) is 2.48. The van der Waals surface area contributed by atoms with Crippen molar-refractivity contribution in [3.63, 3.8) is 0 Å². The summed E-state index contributed by atoms with van der Waals surface area (Å²) in [7, 11) is 0. The van der Waals surface area contributed by atoms with E-state index >= 15 is 0 Å². The summed E-state index contributed by atoms with van der Waals surface area (Å²) in [6.07, 6.45) is 0. The Bertz CT molecular complexity index is 576. The third kappa shape index (κ3) is 4.17. The van der Waals surface area contributed by atoms with E-state index < -0.39 is 12.0 Å². The summed E-state index contributed by atoms with van der Waals surface area (Å²) in [5, 5.41) is 12.5. The molecular weight excluding hydrogens is 262 g/mol. The van der Waals surface area contributed by atoms with Crippen molar-refractivity contribution < 1.29 is 9.90 Å². The van der Waals surface area contributed by atoms with Gasteiger partial charge < -0.3 is 5.11 Å². The van der Waals surface area contributed by atoms with Crippen molar-refractivity contribution in [2.45, 2.75) is 32.4 Å². The van der Waals surface area contributed by atoms with Crippen LogP contribution >= 0.6 is 0 Å². The molecule has 0 fully saturated rings. The topological polar surface area (TPSA) is 49.3 Å². The van der Waals surface area contributed by atoms with Crippen LogP contribution in [0.3, 0.4) is 0 Å². The molecule has 0 aromatic heterocycles. The number of nitrogens with one attached hydrogen (secondary N) is 1. The van der Waals surface area contributed by atoms with Crippen molar-refractivity contribution in [2.24, 2.45) is 0 Å². The molecule has 110 valence electrons. The second kappa shape index (κ2) is 7.04. The zero-order valence-electron chi connectivity index (χ0n) is 12.4. The molecule has 0 radical (unpaired) electrons. The highest BCUT2D eigenvalue weighted by Gasteiger charge is 2.18. The highest BCUT2D eigenvalue weighted by atomic mass is 16.4. The third-order valence-electron chi connectivity index (χ3n) is 3.54. The van der Waals surface area contributed by atoms with E-state index in [-0.39, 0.29) is 0 Å². The van der Waals surface area contributed by atoms with E-state index in [1.165, 1.54) is 5.56 Å². The number of hydrogen-bond acceptors (Lipinski definition) is 2. The van der Waals surface area contributed by atoms with Gasteiger partial charge in [0.1, 0.15) is 6.04 Å². The molecular formula is C18H21NO2. The summed E-state index contributed by atoms with van der Waals surface area (Å²) in [6.45, 7) is 4.84. The predicted molar refractivity (Wildman–Crippen MR) is 84.2 cm³/mol. The first-order valence-corrected chi connectivity index (χ1v) is 7.18. The standard InChI is InChI=1S/C18H21NO2/c1-13(2)15-10-8-14(9-11-15)12-19-17(18(20)21)16-6-4-3-5-7-16/h3-11,13,17,19H,12H2,1-2H3,(H,20,21)/t17-/m1/s1. The van der Waals surface area contributed by atoms with Crippen molar-refractivity contribution in [1.29, 1.82) is 0 Å². The fourth-order valence-electron chi connectivity index (χ4n) is 2.23. The molecule has 0 heterocycles. The molecule has 0 unspecified atom stereocenters. The van der Waals surface area contributed by atoms with Gasteiger partial charge in [0.15, 0.2) is 0 Å². The van der Waals surface area contributed by atoms with Gasteiger partial charge in [0.05, 0.1) is 0 Å². The van der Waals surface area contributed by atoms with Gasteiger partial charge in [0, 0.05) is 6.54 Å². The van der Waals surface area contributed by atoms with Crippen molar-refractivity contribution in [3.05, 3.63) is 71.3 Å². The Labute approximate surface area is 125 Å². The second-order valence-electron chi connectivity index (χ2n) is 5.46. The maximum Gasteiger partial charge on any atom is 0.325 e. The van der Waals surface area contributed by atoms with Crippen molar-refractivity contribution in [2.75, 3.05) is 0 Å². The molecule has 2 N–H and O–H groups in total. The Morgan fingerprint density at radius 2 is 1.62 bits per heavy atom. The van der Waals surface area contributed by atoms with Crippen molar-refractivity contribution >= 4 is 5.97 Å². The molecule has 0 saturated carbocycles. The van der Waals surface area contributed by atoms with E-state index in [0.717, 1.165) is 11.1 Å². The monoisotopic (exact) mass is 283 g/mol. The molecule has 0 aliphatic rings. The molecule has 0 saturated heterocycles. The minimum Gasteiger partial charge on any atom is -0.480 e. The average molecular weight is 283 g/mol. The minimum absolute atomic E-state index is 0.503. The Balaban J connectivity index is 2.04. The van der Waals surface area contributed by atoms with Crippen LogP contribution in [0.4, 0.5) is 0 Å². The van der Waals surface area contributed by atoms with Gasteiger partial charge in [-0.15, -0.1) is 0 Å². The molecule has 2 aromatic rings. The van der Waals surface area contributed by atoms with Gasteiger partial charge in [-0.05, 0) is 22.6 Å². The number of carboxylic acid groups (broad SMARTS) is 1. The third-order valence-corrected chi connectivity index (χ3v) is 3.54. The maximum atomic E-state index is 11.4. The lowest BCUT2D eigenvalue weighted by Gasteiger charge is -2.15. The zero-order chi connectivity index (χ0) is 15.2. The van der Waals surface area contributed by atoms with Gasteiger partial charge >= 0.3 is 5.97 Å². The van der Waals surface area contributed by atoms with E-state index in [1.54, 1.807) is 0 Å². The van der Waals surface area contributed by atoms with E-state index in [9.17, 15) is 9.90 Å². The molecule has 1 atom stereocenters. The van der Waals surface area contributed by atoms with Crippen LogP contribution in [0.2, 0.25) is 0 Å². The van der Waals surface area contributed by atoms with E-state index in [0.29, 0.717) is 12.5 Å². The van der Waals surface area contributed by atoms with Crippen LogP contribution in [-0.2, 0) is 11.3 Å². The maximum absolute atomic E-state index is 11.4. The van der Waals surface area contributed by atoms with Crippen molar-refractivity contribution in [3.8, 4) is 0 Å². The fraction of sp³-hybridized carbons (Fsp3) is 0.278. The molecule has 2 aromatic carbocycles. The number of carboxylic acids is 1. The van der Waals surface area contributed by atoms with Crippen LogP contribution in [-0.4, -0.2) is 11.1 Å². The van der Waals surface area contributed by atoms with Crippen LogP contribution in [0, 0.1) is 0 Å². The first-order valence-electron chi connectivity index (χ1n) is 7.18. The highest BCUT2D eigenvalue weighted by molar-refractivity contribution is 5.75. The lowest BCUT2D eigenvalue weighted by molar-refractivity contribution is -0.139. The van der Waals surface area contributed by atoms with Gasteiger partial charge in [-0.2, -0.15) is 0 Å². The largest absolute Gasteiger partial charge is 0.480 e. The highest BCUT2D eigenvalue weighted by Crippen LogP contribution is 2.16. The molecule has 0 bridgehead atoms. The lowest BCUT2D eigenvalue weighted by atomic mass is 10.0. The number of rotatable bonds is 6. The Morgan fingerprint density at radius 1 is 1.00 bits per heavy atom. The van der Waals surface area contributed by atoms with E-state index in [2.05, 4.69) is 31.3 Å². The van der Waals surface area contributed by atoms with Gasteiger partial charge in [-0.1, -0.05) is 68.4 Å². The lowest BCUT2D eigenvalue weighted by Crippen LogP contribution is -2.28. The van der Waals surface area contributed by atoms with Gasteiger partial charge in [0.2, 0.25) is 0 Å². The van der Waals surface area contributed by atoms with Crippen LogP contribution < -0.4 is 5.32 Å². The normalized spacial score (nSPS) is 12.3. The fourth-order valence-corrected chi connectivity index (χ4v) is 2.23. The number of aliphatic carboxylic acids is 1. The molecule has 3 heteroatoms. The van der Waals surface area contributed by atoms with Crippen LogP contribution in [0.25, 0.3) is 0 Å². The first-order chi connectivity index (χ1) is 10.1.